The molecule has 0 aromatic heterocycles. The van der Waals surface area contributed by atoms with Gasteiger partial charge >= 0.3 is 0 Å². The molecule has 2 aromatic rings. The number of nitrogens with zero attached hydrogens (tertiary/aromatic N) is 2. The van der Waals surface area contributed by atoms with Gasteiger partial charge in [-0.05, 0) is 32.1 Å². The van der Waals surface area contributed by atoms with Crippen molar-refractivity contribution in [3.8, 4) is 0 Å². The van der Waals surface area contributed by atoms with Crippen LogP contribution in [0.1, 0.15) is 35.8 Å². The molecule has 1 heterocycles. The third-order valence-corrected chi connectivity index (χ3v) is 4.98. The Balaban J connectivity index is 2.20. The summed E-state index contributed by atoms with van der Waals surface area (Å²) >= 11 is 5.45. The number of hydrogen-bond acceptors (Lipinski definition) is 4. The molecule has 0 saturated heterocycles. The Morgan fingerprint density at radius 1 is 1.19 bits per heavy atom. The Kier molecular flexibility index (Phi) is 5.32. The molecule has 1 atom stereocenters. The lowest BCUT2D eigenvalue weighted by atomic mass is 9.88. The fourth-order valence-corrected chi connectivity index (χ4v) is 3.72. The maximum absolute atomic E-state index is 13.3. The Morgan fingerprint density at radius 3 is 2.44 bits per heavy atom. The summed E-state index contributed by atoms with van der Waals surface area (Å²) in [5.41, 5.74) is 2.07. The SMILES string of the molecule is CCN1C(=S)NC(c2ccccc2[N+](=O)[O-])C(C(=O)c2ccccc2)=C1C. The van der Waals surface area contributed by atoms with E-state index in [-0.39, 0.29) is 11.5 Å². The fourth-order valence-electron chi connectivity index (χ4n) is 3.33. The van der Waals surface area contributed by atoms with Gasteiger partial charge in [-0.2, -0.15) is 0 Å². The van der Waals surface area contributed by atoms with E-state index in [1.165, 1.54) is 6.07 Å². The number of benzene rings is 2. The van der Waals surface area contributed by atoms with E-state index in [9.17, 15) is 14.9 Å². The first-order valence-corrected chi connectivity index (χ1v) is 8.98. The minimum Gasteiger partial charge on any atom is -0.351 e. The summed E-state index contributed by atoms with van der Waals surface area (Å²) in [5.74, 6) is -0.176. The lowest BCUT2D eigenvalue weighted by Crippen LogP contribution is -2.47. The van der Waals surface area contributed by atoms with Crippen molar-refractivity contribution in [2.75, 3.05) is 6.54 Å². The Hall–Kier alpha value is -3.06. The first kappa shape index (κ1) is 18.7. The number of thiocarbonyl (C=S) groups is 1. The number of nitro groups is 1. The van der Waals surface area contributed by atoms with Crippen LogP contribution in [0.4, 0.5) is 5.69 Å². The number of allylic oxidation sites excluding steroid dienone is 1. The van der Waals surface area contributed by atoms with Gasteiger partial charge in [0.05, 0.1) is 16.5 Å². The Bertz CT molecular complexity index is 940. The van der Waals surface area contributed by atoms with E-state index in [1.54, 1.807) is 42.5 Å². The van der Waals surface area contributed by atoms with E-state index >= 15 is 0 Å². The van der Waals surface area contributed by atoms with Crippen LogP contribution in [0.25, 0.3) is 0 Å². The van der Waals surface area contributed by atoms with Crippen molar-refractivity contribution < 1.29 is 9.72 Å². The standard InChI is InChI=1S/C20H19N3O3S/c1-3-22-13(2)17(19(24)14-9-5-4-6-10-14)18(21-20(22)27)15-11-7-8-12-16(15)23(25)26/h4-12,18H,3H2,1-2H3,(H,21,27). The van der Waals surface area contributed by atoms with Crippen LogP contribution in [-0.4, -0.2) is 27.3 Å². The molecule has 3 rings (SSSR count). The van der Waals surface area contributed by atoms with Crippen molar-refractivity contribution in [3.63, 3.8) is 0 Å². The number of carbonyl (C=O) groups is 1. The normalized spacial score (nSPS) is 16.9. The van der Waals surface area contributed by atoms with Crippen LogP contribution >= 0.6 is 12.2 Å². The second-order valence-corrected chi connectivity index (χ2v) is 6.52. The molecule has 0 spiro atoms. The van der Waals surface area contributed by atoms with Crippen molar-refractivity contribution in [1.29, 1.82) is 0 Å². The van der Waals surface area contributed by atoms with Gasteiger partial charge in [-0.1, -0.05) is 42.5 Å². The largest absolute Gasteiger partial charge is 0.351 e. The minimum absolute atomic E-state index is 0.0473. The lowest BCUT2D eigenvalue weighted by Gasteiger charge is -2.37. The highest BCUT2D eigenvalue weighted by Crippen LogP contribution is 2.36. The summed E-state index contributed by atoms with van der Waals surface area (Å²) in [6, 6.07) is 14.6. The summed E-state index contributed by atoms with van der Waals surface area (Å²) in [6.45, 7) is 4.36. The Morgan fingerprint density at radius 2 is 1.81 bits per heavy atom. The number of carbonyl (C=O) groups excluding carboxylic acids is 1. The predicted molar refractivity (Wildman–Crippen MR) is 107 cm³/mol. The van der Waals surface area contributed by atoms with Crippen molar-refractivity contribution >= 4 is 28.8 Å². The number of hydrogen-bond donors (Lipinski definition) is 1. The van der Waals surface area contributed by atoms with Crippen LogP contribution < -0.4 is 5.32 Å². The van der Waals surface area contributed by atoms with Crippen molar-refractivity contribution in [3.05, 3.63) is 87.1 Å². The summed E-state index contributed by atoms with van der Waals surface area (Å²) in [5, 5.41) is 15.1. The molecule has 0 saturated carbocycles. The second kappa shape index (κ2) is 7.67. The van der Waals surface area contributed by atoms with Gasteiger partial charge in [0.1, 0.15) is 0 Å². The monoisotopic (exact) mass is 381 g/mol. The highest BCUT2D eigenvalue weighted by atomic mass is 32.1. The highest BCUT2D eigenvalue weighted by Gasteiger charge is 2.36. The van der Waals surface area contributed by atoms with Crippen LogP contribution in [-0.2, 0) is 0 Å². The molecule has 0 amide bonds. The number of rotatable bonds is 5. The molecule has 0 fully saturated rings. The molecule has 2 aromatic carbocycles. The summed E-state index contributed by atoms with van der Waals surface area (Å²) in [6.07, 6.45) is 0. The molecule has 1 aliphatic heterocycles. The van der Waals surface area contributed by atoms with E-state index in [4.69, 9.17) is 12.2 Å². The molecule has 1 N–H and O–H groups in total. The van der Waals surface area contributed by atoms with Gasteiger partial charge in [0.25, 0.3) is 5.69 Å². The smallest absolute Gasteiger partial charge is 0.275 e. The maximum atomic E-state index is 13.3. The van der Waals surface area contributed by atoms with Gasteiger partial charge in [0.15, 0.2) is 10.9 Å². The van der Waals surface area contributed by atoms with Crippen LogP contribution in [0, 0.1) is 10.1 Å². The molecule has 0 bridgehead atoms. The van der Waals surface area contributed by atoms with Gasteiger partial charge in [-0.25, -0.2) is 0 Å². The molecule has 0 aliphatic carbocycles. The Labute approximate surface area is 162 Å². The van der Waals surface area contributed by atoms with Crippen molar-refractivity contribution in [2.45, 2.75) is 19.9 Å². The van der Waals surface area contributed by atoms with Crippen LogP contribution in [0.15, 0.2) is 65.9 Å². The van der Waals surface area contributed by atoms with Gasteiger partial charge in [-0.3, -0.25) is 14.9 Å². The molecule has 1 aliphatic rings. The zero-order valence-corrected chi connectivity index (χ0v) is 15.8. The summed E-state index contributed by atoms with van der Waals surface area (Å²) in [7, 11) is 0. The number of nitrogens with one attached hydrogen (secondary N) is 1. The molecule has 1 unspecified atom stereocenters. The third-order valence-electron chi connectivity index (χ3n) is 4.64. The summed E-state index contributed by atoms with van der Waals surface area (Å²) in [4.78, 5) is 26.2. The van der Waals surface area contributed by atoms with E-state index in [1.807, 2.05) is 24.8 Å². The maximum Gasteiger partial charge on any atom is 0.275 e. The van der Waals surface area contributed by atoms with E-state index in [0.29, 0.717) is 34.1 Å². The fraction of sp³-hybridized carbons (Fsp3) is 0.200. The first-order valence-electron chi connectivity index (χ1n) is 8.57. The number of nitro benzene ring substituents is 1. The molecular formula is C20H19N3O3S. The summed E-state index contributed by atoms with van der Waals surface area (Å²) < 4.78 is 0. The molecule has 138 valence electrons. The number of Topliss-reactive ketones (excluding diaryl/α,β-unsaturated/α-hetero) is 1. The van der Waals surface area contributed by atoms with Crippen LogP contribution in [0.2, 0.25) is 0 Å². The van der Waals surface area contributed by atoms with Gasteiger partial charge in [0, 0.05) is 29.4 Å². The van der Waals surface area contributed by atoms with Crippen molar-refractivity contribution in [1.82, 2.24) is 10.2 Å². The van der Waals surface area contributed by atoms with Crippen LogP contribution in [0.5, 0.6) is 0 Å². The highest BCUT2D eigenvalue weighted by molar-refractivity contribution is 7.80. The quantitative estimate of drug-likeness (QED) is 0.365. The number of ketones is 1. The van der Waals surface area contributed by atoms with Gasteiger partial charge in [0.2, 0.25) is 0 Å². The number of para-hydroxylation sites is 1. The lowest BCUT2D eigenvalue weighted by molar-refractivity contribution is -0.385. The first-order chi connectivity index (χ1) is 13.0. The molecule has 27 heavy (non-hydrogen) atoms. The molecular weight excluding hydrogens is 362 g/mol. The van der Waals surface area contributed by atoms with Gasteiger partial charge < -0.3 is 10.2 Å². The van der Waals surface area contributed by atoms with Gasteiger partial charge in [-0.15, -0.1) is 0 Å². The average Bonchev–Trinajstić information content (AvgIpc) is 2.68. The zero-order chi connectivity index (χ0) is 19.6. The second-order valence-electron chi connectivity index (χ2n) is 6.14. The molecule has 6 nitrogen and oxygen atoms in total. The minimum atomic E-state index is -0.686. The molecule has 0 radical (unpaired) electrons. The molecule has 7 heteroatoms. The predicted octanol–water partition coefficient (Wildman–Crippen LogP) is 4.00. The average molecular weight is 381 g/mol. The van der Waals surface area contributed by atoms with E-state index in [2.05, 4.69) is 5.32 Å². The van der Waals surface area contributed by atoms with Crippen molar-refractivity contribution in [2.24, 2.45) is 0 Å². The zero-order valence-electron chi connectivity index (χ0n) is 15.0. The topological polar surface area (TPSA) is 75.5 Å². The van der Waals surface area contributed by atoms with E-state index in [0.717, 1.165) is 0 Å². The van der Waals surface area contributed by atoms with Crippen LogP contribution in [0.3, 0.4) is 0 Å². The third kappa shape index (κ3) is 3.46. The van der Waals surface area contributed by atoms with E-state index < -0.39 is 11.0 Å².